The highest BCUT2D eigenvalue weighted by molar-refractivity contribution is 14.0. The molecule has 2 heterocycles. The van der Waals surface area contributed by atoms with Crippen LogP contribution in [0.2, 0.25) is 0 Å². The third-order valence-corrected chi connectivity index (χ3v) is 3.98. The van der Waals surface area contributed by atoms with Crippen LogP contribution in [-0.2, 0) is 18.5 Å². The second kappa shape index (κ2) is 9.72. The SMILES string of the molecule is CN=C(NCc1cc(-c2ccccc2)on1)NCc1ncc(C(C)(C)C)o1.I. The summed E-state index contributed by atoms with van der Waals surface area (Å²) in [5.74, 6) is 2.86. The monoisotopic (exact) mass is 495 g/mol. The van der Waals surface area contributed by atoms with Crippen molar-refractivity contribution in [3.05, 3.63) is 59.9 Å². The zero-order valence-electron chi connectivity index (χ0n) is 16.5. The third-order valence-electron chi connectivity index (χ3n) is 3.98. The van der Waals surface area contributed by atoms with E-state index < -0.39 is 0 Å². The first kappa shape index (κ1) is 21.9. The minimum atomic E-state index is -0.0609. The molecule has 0 aliphatic carbocycles. The minimum Gasteiger partial charge on any atom is -0.443 e. The highest BCUT2D eigenvalue weighted by atomic mass is 127. The number of aromatic nitrogens is 2. The lowest BCUT2D eigenvalue weighted by atomic mass is 9.94. The Balaban J connectivity index is 0.00000280. The zero-order chi connectivity index (χ0) is 19.3. The van der Waals surface area contributed by atoms with E-state index in [2.05, 4.69) is 46.5 Å². The Morgan fingerprint density at radius 3 is 2.46 bits per heavy atom. The molecule has 3 aromatic rings. The largest absolute Gasteiger partial charge is 0.443 e. The Kier molecular flexibility index (Phi) is 7.61. The Morgan fingerprint density at radius 2 is 1.82 bits per heavy atom. The second-order valence-electron chi connectivity index (χ2n) is 7.20. The highest BCUT2D eigenvalue weighted by Crippen LogP contribution is 2.22. The number of benzene rings is 1. The summed E-state index contributed by atoms with van der Waals surface area (Å²) < 4.78 is 11.2. The van der Waals surface area contributed by atoms with E-state index >= 15 is 0 Å². The van der Waals surface area contributed by atoms with E-state index in [1.165, 1.54) is 0 Å². The molecule has 0 unspecified atom stereocenters. The maximum absolute atomic E-state index is 5.77. The number of nitrogens with zero attached hydrogens (tertiary/aromatic N) is 3. The quantitative estimate of drug-likeness (QED) is 0.315. The van der Waals surface area contributed by atoms with E-state index in [0.717, 1.165) is 22.8 Å². The van der Waals surface area contributed by atoms with Crippen LogP contribution in [0.15, 0.2) is 56.5 Å². The van der Waals surface area contributed by atoms with E-state index in [0.29, 0.717) is 24.9 Å². The van der Waals surface area contributed by atoms with Crippen molar-refractivity contribution in [2.75, 3.05) is 7.05 Å². The molecule has 0 saturated carbocycles. The molecule has 2 N–H and O–H groups in total. The number of hydrogen-bond acceptors (Lipinski definition) is 5. The predicted octanol–water partition coefficient (Wildman–Crippen LogP) is 4.11. The van der Waals surface area contributed by atoms with Crippen LogP contribution in [0.4, 0.5) is 0 Å². The van der Waals surface area contributed by atoms with Gasteiger partial charge < -0.3 is 19.6 Å². The van der Waals surface area contributed by atoms with Crippen molar-refractivity contribution >= 4 is 29.9 Å². The Bertz CT molecular complexity index is 897. The lowest BCUT2D eigenvalue weighted by Gasteiger charge is -2.13. The summed E-state index contributed by atoms with van der Waals surface area (Å²) in [6, 6.07) is 11.8. The van der Waals surface area contributed by atoms with Crippen molar-refractivity contribution in [1.29, 1.82) is 0 Å². The van der Waals surface area contributed by atoms with Crippen molar-refractivity contribution < 1.29 is 8.94 Å². The fraction of sp³-hybridized carbons (Fsp3) is 0.350. The summed E-state index contributed by atoms with van der Waals surface area (Å²) in [6.45, 7) is 7.21. The molecule has 1 aromatic carbocycles. The molecule has 2 aromatic heterocycles. The van der Waals surface area contributed by atoms with Gasteiger partial charge in [-0.3, -0.25) is 4.99 Å². The van der Waals surface area contributed by atoms with Gasteiger partial charge in [0.2, 0.25) is 5.89 Å². The Labute approximate surface area is 182 Å². The highest BCUT2D eigenvalue weighted by Gasteiger charge is 2.19. The fourth-order valence-corrected chi connectivity index (χ4v) is 2.43. The smallest absolute Gasteiger partial charge is 0.213 e. The molecular weight excluding hydrogens is 469 g/mol. The second-order valence-corrected chi connectivity index (χ2v) is 7.20. The van der Waals surface area contributed by atoms with Crippen LogP contribution in [0.1, 0.15) is 38.1 Å². The minimum absolute atomic E-state index is 0. The predicted molar refractivity (Wildman–Crippen MR) is 120 cm³/mol. The van der Waals surface area contributed by atoms with Gasteiger partial charge in [0.15, 0.2) is 11.7 Å². The van der Waals surface area contributed by atoms with Crippen LogP contribution in [0.25, 0.3) is 11.3 Å². The van der Waals surface area contributed by atoms with Crippen molar-refractivity contribution in [1.82, 2.24) is 20.8 Å². The topological polar surface area (TPSA) is 88.5 Å². The molecule has 0 fully saturated rings. The number of nitrogens with one attached hydrogen (secondary N) is 2. The summed E-state index contributed by atoms with van der Waals surface area (Å²) >= 11 is 0. The van der Waals surface area contributed by atoms with Crippen molar-refractivity contribution in [3.63, 3.8) is 0 Å². The molecular formula is C20H26IN5O2. The molecule has 0 aliphatic heterocycles. The van der Waals surface area contributed by atoms with Crippen molar-refractivity contribution in [3.8, 4) is 11.3 Å². The molecule has 0 spiro atoms. The molecule has 0 saturated heterocycles. The van der Waals surface area contributed by atoms with Crippen LogP contribution >= 0.6 is 24.0 Å². The molecule has 0 atom stereocenters. The van der Waals surface area contributed by atoms with Crippen LogP contribution in [0.3, 0.4) is 0 Å². The number of halogens is 1. The van der Waals surface area contributed by atoms with Gasteiger partial charge >= 0.3 is 0 Å². The molecule has 150 valence electrons. The maximum Gasteiger partial charge on any atom is 0.213 e. The number of hydrogen-bond donors (Lipinski definition) is 2. The van der Waals surface area contributed by atoms with Crippen LogP contribution in [0.5, 0.6) is 0 Å². The average Bonchev–Trinajstić information content (AvgIpc) is 3.32. The number of rotatable bonds is 5. The van der Waals surface area contributed by atoms with Crippen molar-refractivity contribution in [2.45, 2.75) is 39.3 Å². The van der Waals surface area contributed by atoms with Gasteiger partial charge in [-0.2, -0.15) is 0 Å². The first-order valence-corrected chi connectivity index (χ1v) is 8.86. The van der Waals surface area contributed by atoms with E-state index in [-0.39, 0.29) is 29.4 Å². The van der Waals surface area contributed by atoms with Gasteiger partial charge in [0.05, 0.1) is 19.3 Å². The van der Waals surface area contributed by atoms with Gasteiger partial charge in [0.25, 0.3) is 0 Å². The number of aliphatic imine (C=N–C) groups is 1. The van der Waals surface area contributed by atoms with Gasteiger partial charge in [0, 0.05) is 24.1 Å². The van der Waals surface area contributed by atoms with E-state index in [1.807, 2.05) is 36.4 Å². The summed E-state index contributed by atoms with van der Waals surface area (Å²) in [7, 11) is 1.71. The first-order valence-electron chi connectivity index (χ1n) is 8.86. The fourth-order valence-electron chi connectivity index (χ4n) is 2.43. The number of oxazole rings is 1. The molecule has 0 bridgehead atoms. The summed E-state index contributed by atoms with van der Waals surface area (Å²) in [6.07, 6.45) is 1.77. The Morgan fingerprint density at radius 1 is 1.11 bits per heavy atom. The lowest BCUT2D eigenvalue weighted by Crippen LogP contribution is -2.36. The van der Waals surface area contributed by atoms with Gasteiger partial charge in [0.1, 0.15) is 11.5 Å². The van der Waals surface area contributed by atoms with Gasteiger partial charge in [-0.15, -0.1) is 24.0 Å². The third kappa shape index (κ3) is 5.82. The summed E-state index contributed by atoms with van der Waals surface area (Å²) in [5.41, 5.74) is 1.73. The van der Waals surface area contributed by atoms with Gasteiger partial charge in [-0.25, -0.2) is 4.98 Å². The summed E-state index contributed by atoms with van der Waals surface area (Å²) in [5, 5.41) is 10.5. The molecule has 3 rings (SSSR count). The molecule has 7 nitrogen and oxygen atoms in total. The molecule has 0 radical (unpaired) electrons. The van der Waals surface area contributed by atoms with E-state index in [9.17, 15) is 0 Å². The summed E-state index contributed by atoms with van der Waals surface area (Å²) in [4.78, 5) is 8.51. The van der Waals surface area contributed by atoms with Crippen LogP contribution < -0.4 is 10.6 Å². The van der Waals surface area contributed by atoms with Gasteiger partial charge in [-0.1, -0.05) is 56.3 Å². The maximum atomic E-state index is 5.77. The standard InChI is InChI=1S/C20H25N5O2.HI/c1-20(2,3)17-12-22-18(26-17)13-24-19(21-4)23-11-15-10-16(27-25-15)14-8-6-5-7-9-14;/h5-10,12H,11,13H2,1-4H3,(H2,21,23,24);1H. The van der Waals surface area contributed by atoms with Crippen molar-refractivity contribution in [2.24, 2.45) is 4.99 Å². The lowest BCUT2D eigenvalue weighted by molar-refractivity contribution is 0.379. The first-order chi connectivity index (χ1) is 13.0. The molecule has 0 aliphatic rings. The zero-order valence-corrected chi connectivity index (χ0v) is 18.9. The molecule has 8 heteroatoms. The van der Waals surface area contributed by atoms with Gasteiger partial charge in [-0.05, 0) is 0 Å². The molecule has 28 heavy (non-hydrogen) atoms. The normalized spacial score (nSPS) is 11.8. The van der Waals surface area contributed by atoms with Crippen LogP contribution in [0, 0.1) is 0 Å². The van der Waals surface area contributed by atoms with E-state index in [4.69, 9.17) is 8.94 Å². The average molecular weight is 495 g/mol. The molecule has 0 amide bonds. The van der Waals surface area contributed by atoms with E-state index in [1.54, 1.807) is 13.2 Å². The Hall–Kier alpha value is -2.36. The van der Waals surface area contributed by atoms with Crippen LogP contribution in [-0.4, -0.2) is 23.1 Å². The number of guanidine groups is 1.